The first-order valence-electron chi connectivity index (χ1n) is 6.93. The van der Waals surface area contributed by atoms with E-state index in [4.69, 9.17) is 10.5 Å². The van der Waals surface area contributed by atoms with E-state index >= 15 is 0 Å². The van der Waals surface area contributed by atoms with Crippen molar-refractivity contribution in [3.63, 3.8) is 0 Å². The second-order valence-corrected chi connectivity index (χ2v) is 5.10. The summed E-state index contributed by atoms with van der Waals surface area (Å²) < 4.78 is 8.10. The third-order valence-corrected chi connectivity index (χ3v) is 3.52. The lowest BCUT2D eigenvalue weighted by Crippen LogP contribution is -2.37. The second-order valence-electron chi connectivity index (χ2n) is 5.10. The molecule has 8 nitrogen and oxygen atoms in total. The summed E-state index contributed by atoms with van der Waals surface area (Å²) in [7, 11) is 1.60. The van der Waals surface area contributed by atoms with Crippen molar-refractivity contribution in [1.82, 2.24) is 14.5 Å². The van der Waals surface area contributed by atoms with Gasteiger partial charge < -0.3 is 10.5 Å². The monoisotopic (exact) mass is 314 g/mol. The topological polar surface area (TPSA) is 107 Å². The Hall–Kier alpha value is -3.16. The molecule has 23 heavy (non-hydrogen) atoms. The number of nitrogens with zero attached hydrogens (tertiary/aromatic N) is 3. The Morgan fingerprint density at radius 2 is 2.09 bits per heavy atom. The number of ether oxygens (including phenoxy) is 1. The average Bonchev–Trinajstić information content (AvgIpc) is 2.87. The fraction of sp³-hybridized carbons (Fsp3) is 0.200. The molecule has 118 valence electrons. The quantitative estimate of drug-likeness (QED) is 0.677. The number of benzene rings is 1. The molecule has 0 atom stereocenters. The number of rotatable bonds is 3. The van der Waals surface area contributed by atoms with E-state index < -0.39 is 0 Å². The van der Waals surface area contributed by atoms with Crippen molar-refractivity contribution in [2.45, 2.75) is 13.5 Å². The van der Waals surface area contributed by atoms with Gasteiger partial charge in [0.15, 0.2) is 0 Å². The van der Waals surface area contributed by atoms with Gasteiger partial charge in [-0.25, -0.2) is 9.36 Å². The van der Waals surface area contributed by atoms with Gasteiger partial charge in [-0.2, -0.15) is 4.98 Å². The van der Waals surface area contributed by atoms with Crippen molar-refractivity contribution in [1.29, 1.82) is 0 Å². The lowest BCUT2D eigenvalue weighted by Gasteiger charge is -2.01. The van der Waals surface area contributed by atoms with E-state index in [1.54, 1.807) is 18.0 Å². The maximum absolute atomic E-state index is 12.2. The van der Waals surface area contributed by atoms with Crippen LogP contribution >= 0.6 is 0 Å². The standard InChI is InChI=1S/C15H15N5O3/c1-9(21)20-8-19(7-10-3-5-11(23-2)6-4-10)12-13(20)17-15(16)18-14(12)22/h3-6,8H,7H2,1-2H3,(H2-,16,17,18,22)/p+1. The number of hydrogen-bond donors (Lipinski definition) is 2. The van der Waals surface area contributed by atoms with Crippen LogP contribution in [0.1, 0.15) is 17.3 Å². The van der Waals surface area contributed by atoms with Crippen molar-refractivity contribution in [3.8, 4) is 5.75 Å². The molecule has 3 N–H and O–H groups in total. The summed E-state index contributed by atoms with van der Waals surface area (Å²) >= 11 is 0. The molecule has 0 unspecified atom stereocenters. The lowest BCUT2D eigenvalue weighted by atomic mass is 10.2. The van der Waals surface area contributed by atoms with Crippen LogP contribution in [0.5, 0.6) is 5.75 Å². The van der Waals surface area contributed by atoms with E-state index in [9.17, 15) is 9.59 Å². The summed E-state index contributed by atoms with van der Waals surface area (Å²) in [6.07, 6.45) is 1.55. The minimum absolute atomic E-state index is 0.0281. The Kier molecular flexibility index (Phi) is 3.57. The Morgan fingerprint density at radius 3 is 2.70 bits per heavy atom. The summed E-state index contributed by atoms with van der Waals surface area (Å²) in [6, 6.07) is 7.45. The Morgan fingerprint density at radius 1 is 1.39 bits per heavy atom. The van der Waals surface area contributed by atoms with Gasteiger partial charge in [-0.15, -0.1) is 4.57 Å². The molecule has 0 saturated carbocycles. The van der Waals surface area contributed by atoms with Gasteiger partial charge in [0.25, 0.3) is 17.5 Å². The van der Waals surface area contributed by atoms with Crippen molar-refractivity contribution < 1.29 is 14.1 Å². The zero-order valence-corrected chi connectivity index (χ0v) is 12.7. The number of carbonyl (C=O) groups is 1. The summed E-state index contributed by atoms with van der Waals surface area (Å²) in [5.41, 5.74) is 6.68. The number of hydrogen-bond acceptors (Lipinski definition) is 5. The van der Waals surface area contributed by atoms with Gasteiger partial charge >= 0.3 is 11.5 Å². The van der Waals surface area contributed by atoms with Gasteiger partial charge in [-0.1, -0.05) is 12.1 Å². The first kappa shape index (κ1) is 14.8. The fourth-order valence-corrected chi connectivity index (χ4v) is 2.43. The molecule has 0 aliphatic carbocycles. The summed E-state index contributed by atoms with van der Waals surface area (Å²) in [5, 5.41) is 0. The van der Waals surface area contributed by atoms with Crippen LogP contribution in [0.4, 0.5) is 5.95 Å². The molecule has 0 spiro atoms. The van der Waals surface area contributed by atoms with E-state index in [1.165, 1.54) is 11.5 Å². The molecule has 2 aromatic heterocycles. The van der Waals surface area contributed by atoms with Gasteiger partial charge in [-0.3, -0.25) is 9.78 Å². The maximum atomic E-state index is 12.2. The van der Waals surface area contributed by atoms with Crippen LogP contribution in [0.15, 0.2) is 35.4 Å². The molecule has 3 aromatic rings. The summed E-state index contributed by atoms with van der Waals surface area (Å²) in [4.78, 5) is 30.5. The SMILES string of the molecule is COc1ccc(C[n+]2cn(C(C)=O)c3nc(N)[nH]c(=O)c32)cc1. The van der Waals surface area contributed by atoms with E-state index in [0.717, 1.165) is 11.3 Å². The molecule has 0 bridgehead atoms. The zero-order chi connectivity index (χ0) is 16.6. The van der Waals surface area contributed by atoms with E-state index in [1.807, 2.05) is 24.3 Å². The third-order valence-electron chi connectivity index (χ3n) is 3.52. The molecule has 3 rings (SSSR count). The number of anilines is 1. The molecular weight excluding hydrogens is 298 g/mol. The predicted octanol–water partition coefficient (Wildman–Crippen LogP) is 0.311. The molecule has 0 radical (unpaired) electrons. The van der Waals surface area contributed by atoms with Gasteiger partial charge in [-0.05, 0) is 17.7 Å². The number of H-pyrrole nitrogens is 1. The number of aromatic nitrogens is 4. The van der Waals surface area contributed by atoms with Crippen molar-refractivity contribution in [2.75, 3.05) is 12.8 Å². The number of imidazole rings is 1. The van der Waals surface area contributed by atoms with Gasteiger partial charge in [0.1, 0.15) is 12.3 Å². The number of carbonyl (C=O) groups excluding carboxylic acids is 1. The first-order valence-corrected chi connectivity index (χ1v) is 6.93. The highest BCUT2D eigenvalue weighted by Crippen LogP contribution is 2.12. The largest absolute Gasteiger partial charge is 0.497 e. The van der Waals surface area contributed by atoms with Gasteiger partial charge in [0.2, 0.25) is 5.95 Å². The number of aromatic amines is 1. The van der Waals surface area contributed by atoms with Crippen LogP contribution in [0.2, 0.25) is 0 Å². The molecule has 0 fully saturated rings. The van der Waals surface area contributed by atoms with Crippen LogP contribution in [0.25, 0.3) is 11.2 Å². The summed E-state index contributed by atoms with van der Waals surface area (Å²) in [5.74, 6) is 0.470. The van der Waals surface area contributed by atoms with Crippen LogP contribution in [-0.4, -0.2) is 27.6 Å². The van der Waals surface area contributed by atoms with Crippen molar-refractivity contribution >= 4 is 23.0 Å². The fourth-order valence-electron chi connectivity index (χ4n) is 2.43. The molecule has 0 saturated heterocycles. The molecule has 0 amide bonds. The number of nitrogens with two attached hydrogens (primary N) is 1. The van der Waals surface area contributed by atoms with Crippen molar-refractivity contribution in [3.05, 3.63) is 46.5 Å². The number of nitrogen functional groups attached to an aromatic ring is 1. The second kappa shape index (κ2) is 5.56. The predicted molar refractivity (Wildman–Crippen MR) is 83.4 cm³/mol. The van der Waals surface area contributed by atoms with Crippen LogP contribution in [-0.2, 0) is 6.54 Å². The van der Waals surface area contributed by atoms with Crippen LogP contribution < -0.4 is 20.6 Å². The summed E-state index contributed by atoms with van der Waals surface area (Å²) in [6.45, 7) is 1.81. The minimum atomic E-state index is -0.388. The Balaban J connectivity index is 2.13. The molecule has 8 heteroatoms. The smallest absolute Gasteiger partial charge is 0.312 e. The highest BCUT2D eigenvalue weighted by Gasteiger charge is 2.24. The average molecular weight is 314 g/mol. The van der Waals surface area contributed by atoms with Crippen molar-refractivity contribution in [2.24, 2.45) is 0 Å². The molecule has 2 heterocycles. The normalized spacial score (nSPS) is 10.9. The minimum Gasteiger partial charge on any atom is -0.497 e. The van der Waals surface area contributed by atoms with E-state index in [-0.39, 0.29) is 23.1 Å². The van der Waals surface area contributed by atoms with Gasteiger partial charge in [0, 0.05) is 6.92 Å². The Labute approximate surface area is 131 Å². The highest BCUT2D eigenvalue weighted by atomic mass is 16.5. The molecule has 0 aliphatic heterocycles. The van der Waals surface area contributed by atoms with E-state index in [2.05, 4.69) is 9.97 Å². The first-order chi connectivity index (χ1) is 11.0. The van der Waals surface area contributed by atoms with Gasteiger partial charge in [0.05, 0.1) is 7.11 Å². The molecule has 1 aromatic carbocycles. The van der Waals surface area contributed by atoms with Crippen LogP contribution in [0, 0.1) is 0 Å². The number of fused-ring (bicyclic) bond motifs is 1. The lowest BCUT2D eigenvalue weighted by molar-refractivity contribution is -0.663. The highest BCUT2D eigenvalue weighted by molar-refractivity contribution is 5.85. The molecular formula is C15H16N5O3+. The van der Waals surface area contributed by atoms with E-state index in [0.29, 0.717) is 12.1 Å². The third kappa shape index (κ3) is 2.66. The van der Waals surface area contributed by atoms with Crippen LogP contribution in [0.3, 0.4) is 0 Å². The maximum Gasteiger partial charge on any atom is 0.312 e. The Bertz CT molecular complexity index is 940. The zero-order valence-electron chi connectivity index (χ0n) is 12.7. The number of nitrogens with one attached hydrogen (secondary N) is 1. The molecule has 0 aliphatic rings. The number of methoxy groups -OCH3 is 1.